The normalized spacial score (nSPS) is 11.6. The number of benzene rings is 1. The Morgan fingerprint density at radius 2 is 2.06 bits per heavy atom. The fourth-order valence-electron chi connectivity index (χ4n) is 1.41. The summed E-state index contributed by atoms with van der Waals surface area (Å²) in [5.74, 6) is -0.292. The summed E-state index contributed by atoms with van der Waals surface area (Å²) in [6.45, 7) is 3.65. The van der Waals surface area contributed by atoms with Gasteiger partial charge in [-0.15, -0.1) is 0 Å². The van der Waals surface area contributed by atoms with Gasteiger partial charge in [0.05, 0.1) is 0 Å². The molecule has 82 valence electrons. The average Bonchev–Trinajstić information content (AvgIpc) is 2.30. The third kappa shape index (κ3) is 2.29. The average molecular weight is 214 g/mol. The summed E-state index contributed by atoms with van der Waals surface area (Å²) in [7, 11) is 0. The molecule has 16 heavy (non-hydrogen) atoms. The SMILES string of the molecule is CC/C(N)=C(/C#N)C(=O)c1ccccc1C. The van der Waals surface area contributed by atoms with Crippen LogP contribution in [0.3, 0.4) is 0 Å². The molecule has 0 atom stereocenters. The van der Waals surface area contributed by atoms with E-state index in [0.29, 0.717) is 17.7 Å². The van der Waals surface area contributed by atoms with Gasteiger partial charge in [0, 0.05) is 11.3 Å². The highest BCUT2D eigenvalue weighted by atomic mass is 16.1. The van der Waals surface area contributed by atoms with Crippen LogP contribution in [0.1, 0.15) is 29.3 Å². The lowest BCUT2D eigenvalue weighted by Crippen LogP contribution is -2.11. The van der Waals surface area contributed by atoms with Gasteiger partial charge in [-0.3, -0.25) is 4.79 Å². The van der Waals surface area contributed by atoms with E-state index < -0.39 is 0 Å². The third-order valence-electron chi connectivity index (χ3n) is 2.43. The lowest BCUT2D eigenvalue weighted by molar-refractivity contribution is 0.103. The fraction of sp³-hybridized carbons (Fsp3) is 0.231. The number of aryl methyl sites for hydroxylation is 1. The second kappa shape index (κ2) is 5.13. The molecule has 0 heterocycles. The highest BCUT2D eigenvalue weighted by molar-refractivity contribution is 6.12. The van der Waals surface area contributed by atoms with Crippen molar-refractivity contribution >= 4 is 5.78 Å². The van der Waals surface area contributed by atoms with Crippen molar-refractivity contribution in [1.82, 2.24) is 0 Å². The molecule has 1 aromatic carbocycles. The Bertz CT molecular complexity index is 481. The monoisotopic (exact) mass is 214 g/mol. The summed E-state index contributed by atoms with van der Waals surface area (Å²) in [6.07, 6.45) is 0.501. The van der Waals surface area contributed by atoms with Crippen LogP contribution in [-0.4, -0.2) is 5.78 Å². The Balaban J connectivity index is 3.23. The molecule has 0 aliphatic carbocycles. The lowest BCUT2D eigenvalue weighted by Gasteiger charge is -2.05. The minimum Gasteiger partial charge on any atom is -0.401 e. The second-order valence-corrected chi connectivity index (χ2v) is 3.51. The number of nitriles is 1. The molecule has 0 unspecified atom stereocenters. The zero-order valence-corrected chi connectivity index (χ0v) is 9.45. The van der Waals surface area contributed by atoms with Gasteiger partial charge in [0.1, 0.15) is 11.6 Å². The summed E-state index contributed by atoms with van der Waals surface area (Å²) in [5, 5.41) is 8.94. The molecular formula is C13H14N2O. The van der Waals surface area contributed by atoms with Crippen molar-refractivity contribution in [2.24, 2.45) is 5.73 Å². The van der Waals surface area contributed by atoms with E-state index in [1.165, 1.54) is 0 Å². The molecular weight excluding hydrogens is 200 g/mol. The largest absolute Gasteiger partial charge is 0.401 e. The maximum Gasteiger partial charge on any atom is 0.205 e. The van der Waals surface area contributed by atoms with E-state index >= 15 is 0 Å². The number of nitrogens with zero attached hydrogens (tertiary/aromatic N) is 1. The standard InChI is InChI=1S/C13H14N2O/c1-3-12(15)11(8-14)13(16)10-7-5-4-6-9(10)2/h4-7H,3,15H2,1-2H3/b12-11+. The Morgan fingerprint density at radius 3 is 2.56 bits per heavy atom. The Hall–Kier alpha value is -2.08. The van der Waals surface area contributed by atoms with Crippen LogP contribution in [-0.2, 0) is 0 Å². The summed E-state index contributed by atoms with van der Waals surface area (Å²) < 4.78 is 0. The van der Waals surface area contributed by atoms with Gasteiger partial charge in [-0.2, -0.15) is 5.26 Å². The van der Waals surface area contributed by atoms with E-state index in [1.807, 2.05) is 32.0 Å². The molecule has 3 nitrogen and oxygen atoms in total. The molecule has 0 aromatic heterocycles. The smallest absolute Gasteiger partial charge is 0.205 e. The highest BCUT2D eigenvalue weighted by Crippen LogP contribution is 2.14. The molecule has 3 heteroatoms. The topological polar surface area (TPSA) is 66.9 Å². The van der Waals surface area contributed by atoms with Crippen molar-refractivity contribution in [3.8, 4) is 6.07 Å². The Kier molecular flexibility index (Phi) is 3.84. The van der Waals surface area contributed by atoms with Crippen LogP contribution in [0.5, 0.6) is 0 Å². The number of carbonyl (C=O) groups excluding carboxylic acids is 1. The minimum absolute atomic E-state index is 0.0526. The van der Waals surface area contributed by atoms with E-state index in [2.05, 4.69) is 0 Å². The lowest BCUT2D eigenvalue weighted by atomic mass is 9.98. The zero-order chi connectivity index (χ0) is 12.1. The first-order valence-electron chi connectivity index (χ1n) is 5.10. The van der Waals surface area contributed by atoms with Crippen molar-refractivity contribution in [3.63, 3.8) is 0 Å². The van der Waals surface area contributed by atoms with Crippen molar-refractivity contribution in [2.45, 2.75) is 20.3 Å². The van der Waals surface area contributed by atoms with Gasteiger partial charge in [-0.25, -0.2) is 0 Å². The molecule has 0 saturated heterocycles. The molecule has 0 aliphatic heterocycles. The minimum atomic E-state index is -0.292. The molecule has 0 amide bonds. The van der Waals surface area contributed by atoms with Crippen LogP contribution in [0.15, 0.2) is 35.5 Å². The van der Waals surface area contributed by atoms with Crippen LogP contribution in [0.2, 0.25) is 0 Å². The molecule has 1 aromatic rings. The van der Waals surface area contributed by atoms with Crippen LogP contribution in [0, 0.1) is 18.3 Å². The summed E-state index contributed by atoms with van der Waals surface area (Å²) in [5.41, 5.74) is 7.44. The van der Waals surface area contributed by atoms with E-state index in [4.69, 9.17) is 11.0 Å². The quantitative estimate of drug-likeness (QED) is 0.477. The maximum atomic E-state index is 12.0. The van der Waals surface area contributed by atoms with Gasteiger partial charge in [-0.1, -0.05) is 31.2 Å². The molecule has 0 spiro atoms. The molecule has 0 fully saturated rings. The number of Topliss-reactive ketones (excluding diaryl/α,β-unsaturated/α-hetero) is 1. The van der Waals surface area contributed by atoms with Crippen molar-refractivity contribution in [2.75, 3.05) is 0 Å². The summed E-state index contributed by atoms with van der Waals surface area (Å²) in [6, 6.07) is 9.05. The van der Waals surface area contributed by atoms with Gasteiger partial charge >= 0.3 is 0 Å². The number of allylic oxidation sites excluding steroid dienone is 2. The molecule has 1 rings (SSSR count). The van der Waals surface area contributed by atoms with E-state index in [0.717, 1.165) is 5.56 Å². The first-order chi connectivity index (χ1) is 7.61. The van der Waals surface area contributed by atoms with Gasteiger partial charge in [-0.05, 0) is 18.9 Å². The second-order valence-electron chi connectivity index (χ2n) is 3.51. The number of nitrogens with two attached hydrogens (primary N) is 1. The first-order valence-corrected chi connectivity index (χ1v) is 5.10. The molecule has 0 aliphatic rings. The van der Waals surface area contributed by atoms with Crippen LogP contribution >= 0.6 is 0 Å². The number of carbonyl (C=O) groups is 1. The van der Waals surface area contributed by atoms with Gasteiger partial charge in [0.15, 0.2) is 0 Å². The van der Waals surface area contributed by atoms with Crippen molar-refractivity contribution in [1.29, 1.82) is 5.26 Å². The van der Waals surface area contributed by atoms with Crippen molar-refractivity contribution < 1.29 is 4.79 Å². The maximum absolute atomic E-state index is 12.0. The zero-order valence-electron chi connectivity index (χ0n) is 9.45. The van der Waals surface area contributed by atoms with E-state index in [-0.39, 0.29) is 11.4 Å². The summed E-state index contributed by atoms with van der Waals surface area (Å²) in [4.78, 5) is 12.0. The van der Waals surface area contributed by atoms with Crippen molar-refractivity contribution in [3.05, 3.63) is 46.7 Å². The molecule has 2 N–H and O–H groups in total. The van der Waals surface area contributed by atoms with Crippen LogP contribution < -0.4 is 5.73 Å². The number of hydrogen-bond acceptors (Lipinski definition) is 3. The summed E-state index contributed by atoms with van der Waals surface area (Å²) >= 11 is 0. The van der Waals surface area contributed by atoms with E-state index in [9.17, 15) is 4.79 Å². The third-order valence-corrected chi connectivity index (χ3v) is 2.43. The fourth-order valence-corrected chi connectivity index (χ4v) is 1.41. The molecule has 0 bridgehead atoms. The van der Waals surface area contributed by atoms with Crippen LogP contribution in [0.25, 0.3) is 0 Å². The van der Waals surface area contributed by atoms with Gasteiger partial charge in [0.25, 0.3) is 0 Å². The predicted octanol–water partition coefficient (Wildman–Crippen LogP) is 2.32. The molecule has 0 saturated carbocycles. The molecule has 0 radical (unpaired) electrons. The Labute approximate surface area is 95.2 Å². The number of hydrogen-bond donors (Lipinski definition) is 1. The highest BCUT2D eigenvalue weighted by Gasteiger charge is 2.16. The van der Waals surface area contributed by atoms with E-state index in [1.54, 1.807) is 12.1 Å². The van der Waals surface area contributed by atoms with Gasteiger partial charge in [0.2, 0.25) is 5.78 Å². The first kappa shape index (κ1) is 12.0. The van der Waals surface area contributed by atoms with Crippen LogP contribution in [0.4, 0.5) is 0 Å². The Morgan fingerprint density at radius 1 is 1.44 bits per heavy atom. The van der Waals surface area contributed by atoms with Gasteiger partial charge < -0.3 is 5.73 Å². The number of rotatable bonds is 3. The number of ketones is 1. The predicted molar refractivity (Wildman–Crippen MR) is 62.6 cm³/mol.